The van der Waals surface area contributed by atoms with Gasteiger partial charge in [0.25, 0.3) is 5.91 Å². The number of aromatic hydroxyl groups is 1. The van der Waals surface area contributed by atoms with Crippen LogP contribution in [0.15, 0.2) is 102 Å². The number of rotatable bonds is 6. The van der Waals surface area contributed by atoms with Gasteiger partial charge in [0.1, 0.15) is 5.75 Å². The number of phenols is 1. The molecule has 1 amide bonds. The number of nitrogens with one attached hydrogen (secondary N) is 1. The lowest BCUT2D eigenvalue weighted by Crippen LogP contribution is -2.21. The van der Waals surface area contributed by atoms with Crippen LogP contribution in [0.1, 0.15) is 32.7 Å². The first-order chi connectivity index (χ1) is 15.1. The second-order valence-electron chi connectivity index (χ2n) is 7.05. The van der Waals surface area contributed by atoms with E-state index in [1.165, 1.54) is 0 Å². The zero-order valence-electron chi connectivity index (χ0n) is 16.7. The molecule has 0 saturated heterocycles. The van der Waals surface area contributed by atoms with E-state index in [0.29, 0.717) is 11.3 Å². The van der Waals surface area contributed by atoms with Crippen molar-refractivity contribution in [1.82, 2.24) is 5.43 Å². The first-order valence-electron chi connectivity index (χ1n) is 9.84. The van der Waals surface area contributed by atoms with Gasteiger partial charge in [-0.1, -0.05) is 84.9 Å². The van der Waals surface area contributed by atoms with Crippen LogP contribution in [-0.2, 0) is 0 Å². The van der Waals surface area contributed by atoms with E-state index in [-0.39, 0.29) is 23.5 Å². The average Bonchev–Trinajstić information content (AvgIpc) is 2.82. The minimum absolute atomic E-state index is 0.0258. The number of ketones is 1. The summed E-state index contributed by atoms with van der Waals surface area (Å²) < 4.78 is 0. The highest BCUT2D eigenvalue weighted by molar-refractivity contribution is 6.16. The fourth-order valence-electron chi connectivity index (χ4n) is 3.30. The predicted octanol–water partition coefficient (Wildman–Crippen LogP) is 4.95. The molecule has 0 radical (unpaired) electrons. The topological polar surface area (TPSA) is 78.8 Å². The fourth-order valence-corrected chi connectivity index (χ4v) is 3.30. The molecule has 31 heavy (non-hydrogen) atoms. The highest BCUT2D eigenvalue weighted by Crippen LogP contribution is 2.25. The lowest BCUT2D eigenvalue weighted by atomic mass is 10.0. The maximum atomic E-state index is 12.7. The number of fused-ring (bicyclic) bond motifs is 1. The number of phenolic OH excluding ortho intramolecular Hbond substituents is 1. The summed E-state index contributed by atoms with van der Waals surface area (Å²) in [6.07, 6.45) is 0.0258. The molecule has 0 aliphatic carbocycles. The number of hydrazone groups is 1. The van der Waals surface area contributed by atoms with Gasteiger partial charge in [0.05, 0.1) is 17.7 Å². The van der Waals surface area contributed by atoms with E-state index in [9.17, 15) is 14.7 Å². The average molecular weight is 408 g/mol. The van der Waals surface area contributed by atoms with Crippen molar-refractivity contribution in [3.8, 4) is 5.75 Å². The van der Waals surface area contributed by atoms with Gasteiger partial charge in [-0.05, 0) is 28.5 Å². The van der Waals surface area contributed by atoms with Crippen LogP contribution in [0.25, 0.3) is 10.8 Å². The molecule has 152 valence electrons. The Kier molecular flexibility index (Phi) is 5.85. The summed E-state index contributed by atoms with van der Waals surface area (Å²) in [5.74, 6) is -0.789. The lowest BCUT2D eigenvalue weighted by Gasteiger charge is -2.09. The number of hydrogen-bond acceptors (Lipinski definition) is 4. The van der Waals surface area contributed by atoms with E-state index in [4.69, 9.17) is 0 Å². The molecule has 0 aromatic heterocycles. The SMILES string of the molecule is O=C(C/C(=N\NC(=O)c1cc2ccccc2cc1O)c1ccccc1)c1ccccc1. The Morgan fingerprint density at radius 3 is 1.94 bits per heavy atom. The normalized spacial score (nSPS) is 11.3. The van der Waals surface area contributed by atoms with Crippen LogP contribution in [0, 0.1) is 0 Å². The number of carbonyl (C=O) groups excluding carboxylic acids is 2. The molecule has 0 fully saturated rings. The van der Waals surface area contributed by atoms with Crippen LogP contribution in [0.5, 0.6) is 5.75 Å². The number of hydrogen-bond donors (Lipinski definition) is 2. The highest BCUT2D eigenvalue weighted by atomic mass is 16.3. The molecular formula is C26H20N2O3. The largest absolute Gasteiger partial charge is 0.507 e. The van der Waals surface area contributed by atoms with Crippen molar-refractivity contribution < 1.29 is 14.7 Å². The first kappa shape index (κ1) is 20.0. The van der Waals surface area contributed by atoms with Crippen molar-refractivity contribution in [2.24, 2.45) is 5.10 Å². The quantitative estimate of drug-likeness (QED) is 0.269. The molecule has 2 N–H and O–H groups in total. The van der Waals surface area contributed by atoms with Gasteiger partial charge in [-0.15, -0.1) is 0 Å². The molecule has 0 bridgehead atoms. The van der Waals surface area contributed by atoms with E-state index in [0.717, 1.165) is 16.3 Å². The van der Waals surface area contributed by atoms with Crippen LogP contribution in [0.3, 0.4) is 0 Å². The first-order valence-corrected chi connectivity index (χ1v) is 9.84. The second-order valence-corrected chi connectivity index (χ2v) is 7.05. The van der Waals surface area contributed by atoms with Crippen LogP contribution >= 0.6 is 0 Å². The Morgan fingerprint density at radius 1 is 0.742 bits per heavy atom. The number of benzene rings is 4. The van der Waals surface area contributed by atoms with E-state index >= 15 is 0 Å². The van der Waals surface area contributed by atoms with Crippen LogP contribution in [0.4, 0.5) is 0 Å². The second kappa shape index (κ2) is 9.05. The summed E-state index contributed by atoms with van der Waals surface area (Å²) in [6.45, 7) is 0. The summed E-state index contributed by atoms with van der Waals surface area (Å²) >= 11 is 0. The molecule has 0 aliphatic heterocycles. The summed E-state index contributed by atoms with van der Waals surface area (Å²) in [5.41, 5.74) is 4.35. The Morgan fingerprint density at radius 2 is 1.29 bits per heavy atom. The fraction of sp³-hybridized carbons (Fsp3) is 0.0385. The Bertz CT molecular complexity index is 1270. The van der Waals surface area contributed by atoms with E-state index in [1.807, 2.05) is 60.7 Å². The highest BCUT2D eigenvalue weighted by Gasteiger charge is 2.15. The zero-order valence-corrected chi connectivity index (χ0v) is 16.7. The summed E-state index contributed by atoms with van der Waals surface area (Å²) in [6, 6.07) is 28.8. The number of amides is 1. The molecule has 0 atom stereocenters. The van der Waals surface area contributed by atoms with Crippen molar-refractivity contribution in [1.29, 1.82) is 0 Å². The summed E-state index contributed by atoms with van der Waals surface area (Å²) in [5, 5.41) is 16.2. The van der Waals surface area contributed by atoms with Crippen molar-refractivity contribution in [3.05, 3.63) is 114 Å². The van der Waals surface area contributed by atoms with Crippen LogP contribution < -0.4 is 5.43 Å². The molecule has 5 nitrogen and oxygen atoms in total. The van der Waals surface area contributed by atoms with Crippen LogP contribution in [0.2, 0.25) is 0 Å². The predicted molar refractivity (Wildman–Crippen MR) is 121 cm³/mol. The lowest BCUT2D eigenvalue weighted by molar-refractivity contribution is 0.0948. The number of Topliss-reactive ketones (excluding diaryl/α,β-unsaturated/α-hetero) is 1. The van der Waals surface area contributed by atoms with Crippen molar-refractivity contribution >= 4 is 28.2 Å². The number of carbonyl (C=O) groups is 2. The molecule has 4 aromatic carbocycles. The molecule has 0 unspecified atom stereocenters. The zero-order chi connectivity index (χ0) is 21.6. The monoisotopic (exact) mass is 408 g/mol. The van der Waals surface area contributed by atoms with E-state index in [1.54, 1.807) is 36.4 Å². The van der Waals surface area contributed by atoms with Crippen LogP contribution in [-0.4, -0.2) is 22.5 Å². The van der Waals surface area contributed by atoms with Gasteiger partial charge in [-0.3, -0.25) is 9.59 Å². The molecule has 4 aromatic rings. The van der Waals surface area contributed by atoms with Crippen molar-refractivity contribution in [2.75, 3.05) is 0 Å². The van der Waals surface area contributed by atoms with E-state index in [2.05, 4.69) is 10.5 Å². The van der Waals surface area contributed by atoms with E-state index < -0.39 is 5.91 Å². The molecule has 0 spiro atoms. The Balaban J connectivity index is 1.61. The minimum Gasteiger partial charge on any atom is -0.507 e. The molecule has 5 heteroatoms. The summed E-state index contributed by atoms with van der Waals surface area (Å²) in [7, 11) is 0. The van der Waals surface area contributed by atoms with Gasteiger partial charge in [0, 0.05) is 5.56 Å². The molecule has 0 saturated carbocycles. The molecule has 0 heterocycles. The van der Waals surface area contributed by atoms with Gasteiger partial charge in [-0.2, -0.15) is 5.10 Å². The maximum absolute atomic E-state index is 12.7. The smallest absolute Gasteiger partial charge is 0.275 e. The number of nitrogens with zero attached hydrogens (tertiary/aromatic N) is 1. The minimum atomic E-state index is -0.552. The van der Waals surface area contributed by atoms with Crippen molar-refractivity contribution in [3.63, 3.8) is 0 Å². The Hall–Kier alpha value is -4.25. The molecule has 0 aliphatic rings. The maximum Gasteiger partial charge on any atom is 0.275 e. The third kappa shape index (κ3) is 4.67. The molecule has 4 rings (SSSR count). The van der Waals surface area contributed by atoms with Crippen molar-refractivity contribution in [2.45, 2.75) is 6.42 Å². The van der Waals surface area contributed by atoms with Gasteiger partial charge in [-0.25, -0.2) is 5.43 Å². The third-order valence-electron chi connectivity index (χ3n) is 4.93. The van der Waals surface area contributed by atoms with Gasteiger partial charge < -0.3 is 5.11 Å². The van der Waals surface area contributed by atoms with Gasteiger partial charge in [0.2, 0.25) is 0 Å². The van der Waals surface area contributed by atoms with Gasteiger partial charge in [0.15, 0.2) is 5.78 Å². The third-order valence-corrected chi connectivity index (χ3v) is 4.93. The molecular weight excluding hydrogens is 388 g/mol. The standard InChI is InChI=1S/C26H20N2O3/c29-24(19-11-5-2-6-12-19)17-23(18-9-3-1-4-10-18)27-28-26(31)22-15-20-13-7-8-14-21(20)16-25(22)30/h1-16,30H,17H2,(H,28,31)/b27-23+. The van der Waals surface area contributed by atoms with Gasteiger partial charge >= 0.3 is 0 Å². The summed E-state index contributed by atoms with van der Waals surface area (Å²) in [4.78, 5) is 25.4. The Labute approximate surface area is 179 Å².